The van der Waals surface area contributed by atoms with Crippen LogP contribution in [0, 0.1) is 17.4 Å². The highest BCUT2D eigenvalue weighted by atomic mass is 127. The zero-order chi connectivity index (χ0) is 15.6. The lowest BCUT2D eigenvalue weighted by Crippen LogP contribution is -2.15. The van der Waals surface area contributed by atoms with Crippen LogP contribution < -0.4 is 4.72 Å². The number of rotatable bonds is 5. The lowest BCUT2D eigenvalue weighted by Gasteiger charge is -2.09. The summed E-state index contributed by atoms with van der Waals surface area (Å²) in [5.41, 5.74) is 1.44. The van der Waals surface area contributed by atoms with Crippen molar-refractivity contribution in [3.8, 4) is 0 Å². The maximum Gasteiger partial charge on any atom is 0.265 e. The molecule has 8 heteroatoms. The Labute approximate surface area is 137 Å². The molecule has 0 spiro atoms. The van der Waals surface area contributed by atoms with Gasteiger partial charge in [-0.15, -0.1) is 0 Å². The van der Waals surface area contributed by atoms with Gasteiger partial charge in [0.1, 0.15) is 4.90 Å². The molecule has 114 valence electrons. The van der Waals surface area contributed by atoms with Crippen molar-refractivity contribution in [3.05, 3.63) is 39.2 Å². The van der Waals surface area contributed by atoms with Crippen LogP contribution in [-0.2, 0) is 16.6 Å². The monoisotopic (exact) mass is 421 g/mol. The fourth-order valence-electron chi connectivity index (χ4n) is 2.14. The van der Waals surface area contributed by atoms with E-state index in [1.165, 1.54) is 4.68 Å². The van der Waals surface area contributed by atoms with Gasteiger partial charge >= 0.3 is 0 Å². The molecule has 0 aliphatic carbocycles. The van der Waals surface area contributed by atoms with Gasteiger partial charge in [-0.1, -0.05) is 6.07 Å². The highest BCUT2D eigenvalue weighted by Gasteiger charge is 2.24. The second-order valence-corrected chi connectivity index (χ2v) is 7.43. The van der Waals surface area contributed by atoms with E-state index >= 15 is 0 Å². The summed E-state index contributed by atoms with van der Waals surface area (Å²) in [6, 6.07) is 7.12. The smallest absolute Gasteiger partial charge is 0.265 e. The van der Waals surface area contributed by atoms with E-state index in [0.717, 1.165) is 3.57 Å². The molecule has 0 saturated heterocycles. The molecule has 6 nitrogen and oxygen atoms in total. The van der Waals surface area contributed by atoms with Gasteiger partial charge in [-0.2, -0.15) is 5.10 Å². The topological polar surface area (TPSA) is 84.2 Å². The predicted octanol–water partition coefficient (Wildman–Crippen LogP) is 1.90. The van der Waals surface area contributed by atoms with E-state index in [-0.39, 0.29) is 18.0 Å². The van der Waals surface area contributed by atoms with Gasteiger partial charge in [0.25, 0.3) is 10.0 Å². The molecule has 0 amide bonds. The molecule has 0 bridgehead atoms. The Morgan fingerprint density at radius 1 is 1.38 bits per heavy atom. The number of aromatic nitrogens is 2. The Hall–Kier alpha value is -1.13. The van der Waals surface area contributed by atoms with Crippen molar-refractivity contribution >= 4 is 38.3 Å². The van der Waals surface area contributed by atoms with E-state index in [1.54, 1.807) is 32.0 Å². The first-order valence-corrected chi connectivity index (χ1v) is 8.84. The first kappa shape index (κ1) is 16.2. The van der Waals surface area contributed by atoms with Crippen LogP contribution in [-0.4, -0.2) is 29.9 Å². The molecule has 2 aromatic rings. The normalized spacial score (nSPS) is 11.6. The molecule has 21 heavy (non-hydrogen) atoms. The van der Waals surface area contributed by atoms with Gasteiger partial charge in [-0.3, -0.25) is 9.40 Å². The Kier molecular flexibility index (Phi) is 4.89. The molecule has 0 saturated carbocycles. The van der Waals surface area contributed by atoms with Gasteiger partial charge in [0.2, 0.25) is 0 Å². The first-order chi connectivity index (χ1) is 9.85. The Bertz CT molecular complexity index is 756. The summed E-state index contributed by atoms with van der Waals surface area (Å²) in [5.74, 6) is 0. The number of hydrogen-bond donors (Lipinski definition) is 2. The summed E-state index contributed by atoms with van der Waals surface area (Å²) >= 11 is 2.12. The standard InChI is InChI=1S/C13H16IN3O3S/c1-9-13(10(2)17(15-9)6-7-18)21(19,20)16-12-5-3-4-11(14)8-12/h3-5,8,16,18H,6-7H2,1-2H3. The lowest BCUT2D eigenvalue weighted by atomic mass is 10.3. The van der Waals surface area contributed by atoms with Crippen LogP contribution in [0.4, 0.5) is 5.69 Å². The number of benzene rings is 1. The largest absolute Gasteiger partial charge is 0.394 e. The number of halogens is 1. The number of aliphatic hydroxyl groups excluding tert-OH is 1. The minimum absolute atomic E-state index is 0.0915. The number of hydrogen-bond acceptors (Lipinski definition) is 4. The van der Waals surface area contributed by atoms with E-state index in [1.807, 2.05) is 6.07 Å². The molecule has 0 aliphatic heterocycles. The van der Waals surface area contributed by atoms with E-state index < -0.39 is 10.0 Å². The van der Waals surface area contributed by atoms with Crippen molar-refractivity contribution < 1.29 is 13.5 Å². The fraction of sp³-hybridized carbons (Fsp3) is 0.308. The van der Waals surface area contributed by atoms with Crippen LogP contribution in [0.3, 0.4) is 0 Å². The van der Waals surface area contributed by atoms with E-state index in [2.05, 4.69) is 32.4 Å². The third-order valence-electron chi connectivity index (χ3n) is 2.97. The zero-order valence-electron chi connectivity index (χ0n) is 11.7. The summed E-state index contributed by atoms with van der Waals surface area (Å²) in [7, 11) is -3.71. The SMILES string of the molecule is Cc1nn(CCO)c(C)c1S(=O)(=O)Nc1cccc(I)c1. The van der Waals surface area contributed by atoms with Gasteiger partial charge in [0.05, 0.1) is 24.5 Å². The third-order valence-corrected chi connectivity index (χ3v) is 5.28. The van der Waals surface area contributed by atoms with E-state index in [4.69, 9.17) is 5.11 Å². The number of nitrogens with zero attached hydrogens (tertiary/aromatic N) is 2. The molecule has 0 atom stereocenters. The van der Waals surface area contributed by atoms with Gasteiger partial charge < -0.3 is 5.11 Å². The molecule has 0 radical (unpaired) electrons. The summed E-state index contributed by atoms with van der Waals surface area (Å²) < 4.78 is 30.1. The lowest BCUT2D eigenvalue weighted by molar-refractivity contribution is 0.267. The summed E-state index contributed by atoms with van der Waals surface area (Å²) in [6.45, 7) is 3.50. The Morgan fingerprint density at radius 2 is 2.10 bits per heavy atom. The molecular formula is C13H16IN3O3S. The van der Waals surface area contributed by atoms with Crippen molar-refractivity contribution in [2.75, 3.05) is 11.3 Å². The predicted molar refractivity (Wildman–Crippen MR) is 88.8 cm³/mol. The van der Waals surface area contributed by atoms with Gasteiger partial charge in [-0.25, -0.2) is 8.42 Å². The average molecular weight is 421 g/mol. The molecule has 1 heterocycles. The van der Waals surface area contributed by atoms with Crippen molar-refractivity contribution in [3.63, 3.8) is 0 Å². The molecule has 0 unspecified atom stereocenters. The van der Waals surface area contributed by atoms with Crippen LogP contribution in [0.2, 0.25) is 0 Å². The maximum atomic E-state index is 12.5. The van der Waals surface area contributed by atoms with E-state index in [9.17, 15) is 8.42 Å². The first-order valence-electron chi connectivity index (χ1n) is 6.28. The number of aryl methyl sites for hydroxylation is 1. The number of aliphatic hydroxyl groups is 1. The fourth-order valence-corrected chi connectivity index (χ4v) is 4.15. The molecular weight excluding hydrogens is 405 g/mol. The summed E-state index contributed by atoms with van der Waals surface area (Å²) in [6.07, 6.45) is 0. The summed E-state index contributed by atoms with van der Waals surface area (Å²) in [4.78, 5) is 0.162. The van der Waals surface area contributed by atoms with Crippen molar-refractivity contribution in [1.29, 1.82) is 0 Å². The minimum Gasteiger partial charge on any atom is -0.394 e. The highest BCUT2D eigenvalue weighted by molar-refractivity contribution is 14.1. The highest BCUT2D eigenvalue weighted by Crippen LogP contribution is 2.23. The van der Waals surface area contributed by atoms with Crippen LogP contribution in [0.25, 0.3) is 0 Å². The Morgan fingerprint density at radius 3 is 2.71 bits per heavy atom. The van der Waals surface area contributed by atoms with Gasteiger partial charge in [0, 0.05) is 9.26 Å². The maximum absolute atomic E-state index is 12.5. The zero-order valence-corrected chi connectivity index (χ0v) is 14.6. The molecule has 0 aliphatic rings. The molecule has 1 aromatic heterocycles. The molecule has 0 fully saturated rings. The third kappa shape index (κ3) is 3.55. The molecule has 1 aromatic carbocycles. The van der Waals surface area contributed by atoms with Gasteiger partial charge in [0.15, 0.2) is 0 Å². The average Bonchev–Trinajstić information content (AvgIpc) is 2.64. The number of anilines is 1. The molecule has 2 rings (SSSR count). The van der Waals surface area contributed by atoms with E-state index in [0.29, 0.717) is 17.1 Å². The van der Waals surface area contributed by atoms with Crippen molar-refractivity contribution in [2.45, 2.75) is 25.3 Å². The van der Waals surface area contributed by atoms with Crippen molar-refractivity contribution in [2.24, 2.45) is 0 Å². The second kappa shape index (κ2) is 6.32. The van der Waals surface area contributed by atoms with Gasteiger partial charge in [-0.05, 0) is 54.6 Å². The van der Waals surface area contributed by atoms with Crippen LogP contribution in [0.5, 0.6) is 0 Å². The minimum atomic E-state index is -3.71. The quantitative estimate of drug-likeness (QED) is 0.723. The Balaban J connectivity index is 2.40. The summed E-state index contributed by atoms with van der Waals surface area (Å²) in [5, 5.41) is 13.1. The second-order valence-electron chi connectivity index (χ2n) is 4.56. The van der Waals surface area contributed by atoms with Crippen molar-refractivity contribution in [1.82, 2.24) is 9.78 Å². The van der Waals surface area contributed by atoms with Crippen LogP contribution in [0.15, 0.2) is 29.2 Å². The number of nitrogens with one attached hydrogen (secondary N) is 1. The number of sulfonamides is 1. The molecule has 2 N–H and O–H groups in total. The van der Waals surface area contributed by atoms with Crippen LogP contribution in [0.1, 0.15) is 11.4 Å². The van der Waals surface area contributed by atoms with Crippen LogP contribution >= 0.6 is 22.6 Å².